The number of nitrogens with zero attached hydrogens (tertiary/aromatic N) is 2. The van der Waals surface area contributed by atoms with Gasteiger partial charge in [-0.05, 0) is 35.9 Å². The van der Waals surface area contributed by atoms with E-state index in [-0.39, 0.29) is 11.2 Å². The van der Waals surface area contributed by atoms with Crippen LogP contribution in [0.4, 0.5) is 17.2 Å². The fourth-order valence-electron chi connectivity index (χ4n) is 1.43. The van der Waals surface area contributed by atoms with Crippen molar-refractivity contribution >= 4 is 34.7 Å². The van der Waals surface area contributed by atoms with Crippen molar-refractivity contribution in [2.45, 2.75) is 6.92 Å². The molecule has 0 atom stereocenters. The molecule has 0 saturated carbocycles. The summed E-state index contributed by atoms with van der Waals surface area (Å²) in [5.74, 6) is 0.479. The molecule has 1 heterocycles. The predicted octanol–water partition coefficient (Wildman–Crippen LogP) is 2.83. The maximum Gasteiger partial charge on any atom is 0.224 e. The molecule has 5 nitrogen and oxygen atoms in total. The van der Waals surface area contributed by atoms with Crippen LogP contribution in [0.25, 0.3) is 0 Å². The van der Waals surface area contributed by atoms with E-state index in [1.807, 2.05) is 12.1 Å². The Hall–Kier alpha value is -2.14. The third kappa shape index (κ3) is 3.43. The van der Waals surface area contributed by atoms with Gasteiger partial charge in [-0.1, -0.05) is 6.07 Å². The summed E-state index contributed by atoms with van der Waals surface area (Å²) in [6, 6.07) is 9.01. The Morgan fingerprint density at radius 3 is 2.78 bits per heavy atom. The number of hydrogen-bond donors (Lipinski definition) is 2. The summed E-state index contributed by atoms with van der Waals surface area (Å²) >= 11 is 5.69. The number of carbonyl (C=O) groups excluding carboxylic acids is 1. The first kappa shape index (κ1) is 12.3. The molecule has 0 saturated heterocycles. The van der Waals surface area contributed by atoms with E-state index in [0.29, 0.717) is 11.5 Å². The van der Waals surface area contributed by atoms with Crippen LogP contribution >= 0.6 is 11.6 Å². The number of nitrogens with one attached hydrogen (secondary N) is 2. The smallest absolute Gasteiger partial charge is 0.224 e. The number of anilines is 3. The molecule has 2 N–H and O–H groups in total. The lowest BCUT2D eigenvalue weighted by molar-refractivity contribution is -0.114. The van der Waals surface area contributed by atoms with Crippen LogP contribution in [0.2, 0.25) is 5.28 Å². The summed E-state index contributed by atoms with van der Waals surface area (Å²) in [4.78, 5) is 18.8. The highest BCUT2D eigenvalue weighted by molar-refractivity contribution is 6.28. The quantitative estimate of drug-likeness (QED) is 0.835. The third-order valence-electron chi connectivity index (χ3n) is 2.08. The molecule has 1 aromatic carbocycles. The van der Waals surface area contributed by atoms with E-state index in [9.17, 15) is 4.79 Å². The Morgan fingerprint density at radius 2 is 2.06 bits per heavy atom. The molecule has 92 valence electrons. The average molecular weight is 263 g/mol. The Kier molecular flexibility index (Phi) is 3.74. The molecule has 0 unspecified atom stereocenters. The molecule has 0 fully saturated rings. The normalized spacial score (nSPS) is 9.89. The van der Waals surface area contributed by atoms with Crippen molar-refractivity contribution in [1.82, 2.24) is 9.97 Å². The van der Waals surface area contributed by atoms with E-state index in [4.69, 9.17) is 11.6 Å². The maximum atomic E-state index is 11.0. The van der Waals surface area contributed by atoms with Crippen LogP contribution in [-0.4, -0.2) is 15.9 Å². The van der Waals surface area contributed by atoms with Crippen molar-refractivity contribution in [3.63, 3.8) is 0 Å². The van der Waals surface area contributed by atoms with Crippen LogP contribution in [0.5, 0.6) is 0 Å². The van der Waals surface area contributed by atoms with Gasteiger partial charge in [-0.3, -0.25) is 4.79 Å². The molecular weight excluding hydrogens is 252 g/mol. The van der Waals surface area contributed by atoms with E-state index in [1.165, 1.54) is 6.92 Å². The number of amides is 1. The number of carbonyl (C=O) groups is 1. The molecular formula is C12H11ClN4O. The van der Waals surface area contributed by atoms with Crippen LogP contribution < -0.4 is 10.6 Å². The second-order valence-corrected chi connectivity index (χ2v) is 3.94. The van der Waals surface area contributed by atoms with E-state index in [2.05, 4.69) is 20.6 Å². The maximum absolute atomic E-state index is 11.0. The summed E-state index contributed by atoms with van der Waals surface area (Å²) in [6.45, 7) is 1.46. The third-order valence-corrected chi connectivity index (χ3v) is 2.26. The summed E-state index contributed by atoms with van der Waals surface area (Å²) < 4.78 is 0. The molecule has 1 aromatic heterocycles. The predicted molar refractivity (Wildman–Crippen MR) is 71.1 cm³/mol. The zero-order chi connectivity index (χ0) is 13.0. The van der Waals surface area contributed by atoms with Gasteiger partial charge >= 0.3 is 0 Å². The molecule has 0 spiro atoms. The van der Waals surface area contributed by atoms with Crippen LogP contribution in [-0.2, 0) is 4.79 Å². The van der Waals surface area contributed by atoms with Crippen molar-refractivity contribution in [3.8, 4) is 0 Å². The number of benzene rings is 1. The fourth-order valence-corrected chi connectivity index (χ4v) is 1.58. The van der Waals surface area contributed by atoms with Gasteiger partial charge in [-0.2, -0.15) is 0 Å². The molecule has 18 heavy (non-hydrogen) atoms. The van der Waals surface area contributed by atoms with E-state index >= 15 is 0 Å². The molecule has 2 rings (SSSR count). The highest BCUT2D eigenvalue weighted by Crippen LogP contribution is 2.19. The first-order chi connectivity index (χ1) is 8.63. The summed E-state index contributed by atoms with van der Waals surface area (Å²) in [7, 11) is 0. The lowest BCUT2D eigenvalue weighted by Crippen LogP contribution is -2.05. The van der Waals surface area contributed by atoms with Gasteiger partial charge in [0.15, 0.2) is 0 Å². The van der Waals surface area contributed by atoms with Gasteiger partial charge in [0.2, 0.25) is 11.2 Å². The van der Waals surface area contributed by atoms with E-state index in [0.717, 1.165) is 5.69 Å². The number of aromatic nitrogens is 2. The molecule has 2 aromatic rings. The van der Waals surface area contributed by atoms with Gasteiger partial charge in [0.25, 0.3) is 0 Å². The van der Waals surface area contributed by atoms with Crippen LogP contribution in [0, 0.1) is 0 Å². The topological polar surface area (TPSA) is 66.9 Å². The van der Waals surface area contributed by atoms with Gasteiger partial charge in [0.05, 0.1) is 0 Å². The molecule has 0 bridgehead atoms. The van der Waals surface area contributed by atoms with E-state index < -0.39 is 0 Å². The zero-order valence-electron chi connectivity index (χ0n) is 9.64. The lowest BCUT2D eigenvalue weighted by atomic mass is 10.2. The van der Waals surface area contributed by atoms with Crippen molar-refractivity contribution in [2.75, 3.05) is 10.6 Å². The summed E-state index contributed by atoms with van der Waals surface area (Å²) in [6.07, 6.45) is 1.56. The molecule has 0 aliphatic carbocycles. The first-order valence-electron chi connectivity index (χ1n) is 5.27. The van der Waals surface area contributed by atoms with Crippen LogP contribution in [0.3, 0.4) is 0 Å². The average Bonchev–Trinajstić information content (AvgIpc) is 2.28. The number of rotatable bonds is 3. The molecule has 6 heteroatoms. The fraction of sp³-hybridized carbons (Fsp3) is 0.0833. The highest BCUT2D eigenvalue weighted by Gasteiger charge is 2.00. The van der Waals surface area contributed by atoms with Gasteiger partial charge in [0.1, 0.15) is 5.82 Å². The van der Waals surface area contributed by atoms with Crippen molar-refractivity contribution in [2.24, 2.45) is 0 Å². The monoisotopic (exact) mass is 262 g/mol. The Labute approximate surface area is 109 Å². The zero-order valence-corrected chi connectivity index (χ0v) is 10.4. The minimum atomic E-state index is -0.114. The van der Waals surface area contributed by atoms with E-state index in [1.54, 1.807) is 24.4 Å². The van der Waals surface area contributed by atoms with Crippen LogP contribution in [0.15, 0.2) is 36.5 Å². The summed E-state index contributed by atoms with van der Waals surface area (Å²) in [5.41, 5.74) is 1.52. The van der Waals surface area contributed by atoms with Crippen LogP contribution in [0.1, 0.15) is 6.92 Å². The second kappa shape index (κ2) is 5.46. The van der Waals surface area contributed by atoms with Crippen molar-refractivity contribution in [3.05, 3.63) is 41.8 Å². The van der Waals surface area contributed by atoms with Crippen molar-refractivity contribution in [1.29, 1.82) is 0 Å². The number of hydrogen-bond acceptors (Lipinski definition) is 4. The number of halogens is 1. The Bertz CT molecular complexity index is 574. The molecule has 0 aliphatic rings. The summed E-state index contributed by atoms with van der Waals surface area (Å²) in [5, 5.41) is 5.95. The van der Waals surface area contributed by atoms with Gasteiger partial charge in [0, 0.05) is 24.5 Å². The largest absolute Gasteiger partial charge is 0.340 e. The highest BCUT2D eigenvalue weighted by atomic mass is 35.5. The lowest BCUT2D eigenvalue weighted by Gasteiger charge is -2.07. The Morgan fingerprint density at radius 1 is 1.28 bits per heavy atom. The van der Waals surface area contributed by atoms with Gasteiger partial charge < -0.3 is 10.6 Å². The standard InChI is InChI=1S/C12H11ClN4O/c1-8(18)15-9-3-2-4-10(7-9)16-11-5-6-14-12(13)17-11/h2-7H,1H3,(H,15,18)(H,14,16,17). The first-order valence-corrected chi connectivity index (χ1v) is 5.64. The minimum absolute atomic E-state index is 0.114. The SMILES string of the molecule is CC(=O)Nc1cccc(Nc2ccnc(Cl)n2)c1. The molecule has 1 amide bonds. The Balaban J connectivity index is 2.16. The minimum Gasteiger partial charge on any atom is -0.340 e. The van der Waals surface area contributed by atoms with Gasteiger partial charge in [-0.15, -0.1) is 0 Å². The molecule has 0 aliphatic heterocycles. The molecule has 0 radical (unpaired) electrons. The van der Waals surface area contributed by atoms with Crippen molar-refractivity contribution < 1.29 is 4.79 Å². The van der Waals surface area contributed by atoms with Gasteiger partial charge in [-0.25, -0.2) is 9.97 Å². The second-order valence-electron chi connectivity index (χ2n) is 3.60.